The largest absolute Gasteiger partial charge is 0.395 e. The number of hydrogen-bond acceptors (Lipinski definition) is 3. The number of anilines is 2. The van der Waals surface area contributed by atoms with Crippen molar-refractivity contribution in [1.82, 2.24) is 10.2 Å². The van der Waals surface area contributed by atoms with Crippen molar-refractivity contribution in [3.05, 3.63) is 38.8 Å². The van der Waals surface area contributed by atoms with E-state index < -0.39 is 11.7 Å². The first-order valence-corrected chi connectivity index (χ1v) is 6.33. The number of carbonyl (C=O) groups is 1. The predicted octanol–water partition coefficient (Wildman–Crippen LogP) is 3.11. The number of carbonyl (C=O) groups excluding carboxylic acids is 1. The van der Waals surface area contributed by atoms with Gasteiger partial charge in [-0.05, 0) is 35.0 Å². The van der Waals surface area contributed by atoms with Gasteiger partial charge in [0.25, 0.3) is 5.91 Å². The lowest BCUT2D eigenvalue weighted by atomic mass is 10.2. The van der Waals surface area contributed by atoms with Gasteiger partial charge in [0, 0.05) is 4.47 Å². The minimum absolute atomic E-state index is 0.0600. The van der Waals surface area contributed by atoms with Crippen molar-refractivity contribution < 1.29 is 9.18 Å². The number of rotatable bonds is 2. The van der Waals surface area contributed by atoms with Crippen LogP contribution in [-0.4, -0.2) is 16.1 Å². The molecule has 0 bridgehead atoms. The topological polar surface area (TPSA) is 83.8 Å². The number of nitrogen functional groups attached to an aromatic ring is 1. The SMILES string of the molecule is Cc1[nH]nc(C(=O)Nc2c(Cl)cc(F)cc2Br)c1N. The quantitative estimate of drug-likeness (QED) is 0.780. The highest BCUT2D eigenvalue weighted by atomic mass is 79.9. The van der Waals surface area contributed by atoms with Crippen molar-refractivity contribution in [3.63, 3.8) is 0 Å². The van der Waals surface area contributed by atoms with E-state index in [1.165, 1.54) is 6.07 Å². The molecule has 1 heterocycles. The molecule has 2 rings (SSSR count). The first-order valence-electron chi connectivity index (χ1n) is 5.16. The Bertz CT molecular complexity index is 635. The van der Waals surface area contributed by atoms with Gasteiger partial charge < -0.3 is 11.1 Å². The molecule has 0 aliphatic heterocycles. The Hall–Kier alpha value is -1.60. The van der Waals surface area contributed by atoms with Crippen LogP contribution in [0, 0.1) is 12.7 Å². The second-order valence-electron chi connectivity index (χ2n) is 3.81. The molecule has 0 saturated heterocycles. The maximum absolute atomic E-state index is 13.1. The molecule has 19 heavy (non-hydrogen) atoms. The van der Waals surface area contributed by atoms with E-state index in [1.807, 2.05) is 0 Å². The van der Waals surface area contributed by atoms with E-state index in [0.29, 0.717) is 10.2 Å². The third-order valence-electron chi connectivity index (χ3n) is 2.46. The number of aromatic nitrogens is 2. The summed E-state index contributed by atoms with van der Waals surface area (Å²) in [5, 5.41) is 9.00. The Labute approximate surface area is 121 Å². The molecule has 0 spiro atoms. The number of aromatic amines is 1. The number of nitrogens with two attached hydrogens (primary N) is 1. The Morgan fingerprint density at radius 3 is 2.79 bits per heavy atom. The maximum Gasteiger partial charge on any atom is 0.278 e. The number of benzene rings is 1. The van der Waals surface area contributed by atoms with Crippen molar-refractivity contribution in [2.75, 3.05) is 11.1 Å². The van der Waals surface area contributed by atoms with Crippen LogP contribution in [0.3, 0.4) is 0 Å². The molecule has 5 nitrogen and oxygen atoms in total. The second-order valence-corrected chi connectivity index (χ2v) is 5.07. The number of amides is 1. The molecule has 0 unspecified atom stereocenters. The zero-order chi connectivity index (χ0) is 14.2. The molecule has 0 aliphatic rings. The number of nitrogens with one attached hydrogen (secondary N) is 2. The molecule has 1 aromatic carbocycles. The Morgan fingerprint density at radius 2 is 2.26 bits per heavy atom. The smallest absolute Gasteiger partial charge is 0.278 e. The van der Waals surface area contributed by atoms with Gasteiger partial charge in [0.2, 0.25) is 0 Å². The Morgan fingerprint density at radius 1 is 1.58 bits per heavy atom. The van der Waals surface area contributed by atoms with Crippen molar-refractivity contribution >= 4 is 44.8 Å². The average Bonchev–Trinajstić information content (AvgIpc) is 2.64. The van der Waals surface area contributed by atoms with Gasteiger partial charge in [0.15, 0.2) is 5.69 Å². The molecule has 0 atom stereocenters. The number of hydrogen-bond donors (Lipinski definition) is 3. The third kappa shape index (κ3) is 2.71. The number of halogens is 3. The van der Waals surface area contributed by atoms with Crippen LogP contribution < -0.4 is 11.1 Å². The molecule has 8 heteroatoms. The molecule has 2 aromatic rings. The molecule has 4 N–H and O–H groups in total. The fourth-order valence-electron chi connectivity index (χ4n) is 1.45. The van der Waals surface area contributed by atoms with Gasteiger partial charge in [-0.1, -0.05) is 11.6 Å². The van der Waals surface area contributed by atoms with Crippen molar-refractivity contribution in [1.29, 1.82) is 0 Å². The van der Waals surface area contributed by atoms with Crippen LogP contribution >= 0.6 is 27.5 Å². The molecule has 0 saturated carbocycles. The van der Waals surface area contributed by atoms with Gasteiger partial charge in [-0.25, -0.2) is 4.39 Å². The first kappa shape index (κ1) is 13.8. The van der Waals surface area contributed by atoms with E-state index in [9.17, 15) is 9.18 Å². The van der Waals surface area contributed by atoms with Gasteiger partial charge in [-0.2, -0.15) is 5.10 Å². The van der Waals surface area contributed by atoms with Gasteiger partial charge in [0.1, 0.15) is 5.82 Å². The van der Waals surface area contributed by atoms with Crippen LogP contribution in [0.1, 0.15) is 16.2 Å². The summed E-state index contributed by atoms with van der Waals surface area (Å²) in [6, 6.07) is 2.29. The molecule has 0 aliphatic carbocycles. The maximum atomic E-state index is 13.1. The lowest BCUT2D eigenvalue weighted by Gasteiger charge is -2.08. The van der Waals surface area contributed by atoms with Crippen LogP contribution in [-0.2, 0) is 0 Å². The standard InChI is InChI=1S/C11H9BrClFN4O/c1-4-8(15)10(18-17-4)11(19)16-9-6(12)2-5(14)3-7(9)13/h2-3H,15H2,1H3,(H,16,19)(H,17,18). The lowest BCUT2D eigenvalue weighted by molar-refractivity contribution is 0.102. The highest BCUT2D eigenvalue weighted by Crippen LogP contribution is 2.32. The van der Waals surface area contributed by atoms with E-state index in [4.69, 9.17) is 17.3 Å². The van der Waals surface area contributed by atoms with E-state index in [1.54, 1.807) is 6.92 Å². The molecular weight excluding hydrogens is 339 g/mol. The highest BCUT2D eigenvalue weighted by molar-refractivity contribution is 9.10. The molecule has 1 amide bonds. The highest BCUT2D eigenvalue weighted by Gasteiger charge is 2.18. The van der Waals surface area contributed by atoms with Crippen molar-refractivity contribution in [2.45, 2.75) is 6.92 Å². The zero-order valence-electron chi connectivity index (χ0n) is 9.72. The fraction of sp³-hybridized carbons (Fsp3) is 0.0909. The van der Waals surface area contributed by atoms with Crippen LogP contribution in [0.4, 0.5) is 15.8 Å². The summed E-state index contributed by atoms with van der Waals surface area (Å²) in [6.45, 7) is 1.69. The van der Waals surface area contributed by atoms with Crippen LogP contribution in [0.25, 0.3) is 0 Å². The van der Waals surface area contributed by atoms with Crippen molar-refractivity contribution in [3.8, 4) is 0 Å². The monoisotopic (exact) mass is 346 g/mol. The Balaban J connectivity index is 2.32. The summed E-state index contributed by atoms with van der Waals surface area (Å²) in [6.07, 6.45) is 0. The molecular formula is C11H9BrClFN4O. The lowest BCUT2D eigenvalue weighted by Crippen LogP contribution is -2.15. The normalized spacial score (nSPS) is 10.5. The van der Waals surface area contributed by atoms with E-state index in [0.717, 1.165) is 6.07 Å². The molecule has 0 fully saturated rings. The fourth-order valence-corrected chi connectivity index (χ4v) is 2.34. The van der Waals surface area contributed by atoms with E-state index in [-0.39, 0.29) is 22.1 Å². The Kier molecular flexibility index (Phi) is 3.77. The van der Waals surface area contributed by atoms with Crippen LogP contribution in [0.2, 0.25) is 5.02 Å². The van der Waals surface area contributed by atoms with E-state index >= 15 is 0 Å². The van der Waals surface area contributed by atoms with Crippen LogP contribution in [0.5, 0.6) is 0 Å². The zero-order valence-corrected chi connectivity index (χ0v) is 12.1. The molecule has 0 radical (unpaired) electrons. The average molecular weight is 348 g/mol. The first-order chi connectivity index (χ1) is 8.90. The van der Waals surface area contributed by atoms with Gasteiger partial charge in [0.05, 0.1) is 22.1 Å². The van der Waals surface area contributed by atoms with E-state index in [2.05, 4.69) is 31.4 Å². The summed E-state index contributed by atoms with van der Waals surface area (Å²) in [4.78, 5) is 12.0. The van der Waals surface area contributed by atoms with Gasteiger partial charge in [-0.15, -0.1) is 0 Å². The van der Waals surface area contributed by atoms with Crippen molar-refractivity contribution in [2.24, 2.45) is 0 Å². The van der Waals surface area contributed by atoms with Gasteiger partial charge >= 0.3 is 0 Å². The second kappa shape index (κ2) is 5.18. The minimum Gasteiger partial charge on any atom is -0.395 e. The molecule has 1 aromatic heterocycles. The van der Waals surface area contributed by atoms with Gasteiger partial charge in [-0.3, -0.25) is 9.89 Å². The summed E-state index contributed by atoms with van der Waals surface area (Å²) in [5.41, 5.74) is 6.86. The molecule has 100 valence electrons. The summed E-state index contributed by atoms with van der Waals surface area (Å²) in [7, 11) is 0. The summed E-state index contributed by atoms with van der Waals surface area (Å²) < 4.78 is 13.4. The van der Waals surface area contributed by atoms with Crippen LogP contribution in [0.15, 0.2) is 16.6 Å². The number of aryl methyl sites for hydroxylation is 1. The summed E-state index contributed by atoms with van der Waals surface area (Å²) >= 11 is 8.99. The minimum atomic E-state index is -0.531. The summed E-state index contributed by atoms with van der Waals surface area (Å²) in [5.74, 6) is -1.04. The third-order valence-corrected chi connectivity index (χ3v) is 3.38. The predicted molar refractivity (Wildman–Crippen MR) is 74.8 cm³/mol. The number of H-pyrrole nitrogens is 1. The number of nitrogens with zero attached hydrogens (tertiary/aromatic N) is 1.